The van der Waals surface area contributed by atoms with E-state index in [0.717, 1.165) is 53.3 Å². The Hall–Kier alpha value is -4.31. The molecular formula is C34H37F6N5O4S. The van der Waals surface area contributed by atoms with Crippen molar-refractivity contribution in [2.75, 3.05) is 43.6 Å². The summed E-state index contributed by atoms with van der Waals surface area (Å²) in [6.45, 7) is -2.25. The van der Waals surface area contributed by atoms with E-state index in [2.05, 4.69) is 36.5 Å². The predicted octanol–water partition coefficient (Wildman–Crippen LogP) is 7.35. The highest BCUT2D eigenvalue weighted by atomic mass is 32.2. The van der Waals surface area contributed by atoms with Crippen molar-refractivity contribution in [3.05, 3.63) is 78.4 Å². The predicted molar refractivity (Wildman–Crippen MR) is 177 cm³/mol. The van der Waals surface area contributed by atoms with E-state index in [9.17, 15) is 34.8 Å². The summed E-state index contributed by atoms with van der Waals surface area (Å²) in [5, 5.41) is 4.30. The Bertz CT molecular complexity index is 1840. The van der Waals surface area contributed by atoms with Gasteiger partial charge in [-0.25, -0.2) is 18.1 Å². The lowest BCUT2D eigenvalue weighted by Gasteiger charge is -2.29. The van der Waals surface area contributed by atoms with Crippen molar-refractivity contribution in [2.45, 2.75) is 49.5 Å². The zero-order chi connectivity index (χ0) is 35.9. The molecule has 2 N–H and O–H groups in total. The third-order valence-corrected chi connectivity index (χ3v) is 9.73. The van der Waals surface area contributed by atoms with Gasteiger partial charge in [-0.3, -0.25) is 0 Å². The summed E-state index contributed by atoms with van der Waals surface area (Å²) in [7, 11) is -2.50. The van der Waals surface area contributed by atoms with Crippen LogP contribution in [-0.4, -0.2) is 64.1 Å². The van der Waals surface area contributed by atoms with Crippen molar-refractivity contribution in [1.82, 2.24) is 14.7 Å². The van der Waals surface area contributed by atoms with Crippen LogP contribution in [0.15, 0.2) is 77.7 Å². The molecule has 4 aromatic rings. The van der Waals surface area contributed by atoms with E-state index >= 15 is 0 Å². The Labute approximate surface area is 286 Å². The van der Waals surface area contributed by atoms with Gasteiger partial charge in [-0.05, 0) is 67.3 Å². The molecule has 50 heavy (non-hydrogen) atoms. The van der Waals surface area contributed by atoms with Crippen molar-refractivity contribution in [3.8, 4) is 11.5 Å². The van der Waals surface area contributed by atoms with Gasteiger partial charge in [-0.2, -0.15) is 31.3 Å². The number of nitrogens with zero attached hydrogens (tertiary/aromatic N) is 3. The second-order valence-corrected chi connectivity index (χ2v) is 14.0. The number of rotatable bonds is 14. The number of halogens is 6. The van der Waals surface area contributed by atoms with Gasteiger partial charge in [-0.15, -0.1) is 0 Å². The number of hydrogen-bond acceptors (Lipinski definition) is 8. The zero-order valence-corrected chi connectivity index (χ0v) is 27.9. The zero-order valence-electron chi connectivity index (χ0n) is 27.1. The third kappa shape index (κ3) is 10.6. The molecular weight excluding hydrogens is 688 g/mol. The van der Waals surface area contributed by atoms with E-state index in [1.54, 1.807) is 0 Å². The number of para-hydroxylation sites is 1. The number of hydrogen-bond donors (Lipinski definition) is 2. The lowest BCUT2D eigenvalue weighted by Crippen LogP contribution is -2.33. The Morgan fingerprint density at radius 1 is 0.800 bits per heavy atom. The summed E-state index contributed by atoms with van der Waals surface area (Å²) in [5.41, 5.74) is 1.95. The van der Waals surface area contributed by atoms with Gasteiger partial charge in [0.1, 0.15) is 22.2 Å². The molecule has 270 valence electrons. The van der Waals surface area contributed by atoms with Gasteiger partial charge in [-0.1, -0.05) is 42.5 Å². The highest BCUT2D eigenvalue weighted by molar-refractivity contribution is 7.89. The fraction of sp³-hybridized carbons (Fsp3) is 0.412. The van der Waals surface area contributed by atoms with Crippen LogP contribution in [0.3, 0.4) is 0 Å². The molecule has 9 nitrogen and oxygen atoms in total. The van der Waals surface area contributed by atoms with Crippen LogP contribution in [0.2, 0.25) is 0 Å². The number of sulfonamides is 1. The standard InChI is InChI=1S/C34H37F6N5O4S/c1-45(20-25-7-3-2-4-8-25)31-27-9-5-6-10-28(27)43-32(44-31)41-18-23-11-13-24(14-12-23)19-42-50(46,47)30-17-26(48-21-33(35,36)37)15-16-29(30)49-22-34(38,39)40/h2-10,15-17,23-24,42H,11-14,18-22H2,1H3,(H,41,43,44). The maximum atomic E-state index is 13.2. The van der Waals surface area contributed by atoms with Gasteiger partial charge in [0, 0.05) is 38.1 Å². The number of nitrogens with one attached hydrogen (secondary N) is 2. The fourth-order valence-corrected chi connectivity index (χ4v) is 7.05. The van der Waals surface area contributed by atoms with Gasteiger partial charge >= 0.3 is 12.4 Å². The molecule has 16 heteroatoms. The van der Waals surface area contributed by atoms with E-state index in [1.807, 2.05) is 49.5 Å². The number of benzene rings is 3. The molecule has 5 rings (SSSR count). The summed E-state index contributed by atoms with van der Waals surface area (Å²) >= 11 is 0. The van der Waals surface area contributed by atoms with Gasteiger partial charge < -0.3 is 19.7 Å². The molecule has 0 spiro atoms. The van der Waals surface area contributed by atoms with Crippen LogP contribution in [0.4, 0.5) is 38.1 Å². The van der Waals surface area contributed by atoms with Crippen molar-refractivity contribution < 1.29 is 44.2 Å². The highest BCUT2D eigenvalue weighted by Crippen LogP contribution is 2.33. The average molecular weight is 726 g/mol. The topological polar surface area (TPSA) is 106 Å². The number of ether oxygens (including phenoxy) is 2. The van der Waals surface area contributed by atoms with Gasteiger partial charge in [0.15, 0.2) is 13.2 Å². The molecule has 0 aliphatic heterocycles. The molecule has 1 aliphatic carbocycles. The Kier molecular flexibility index (Phi) is 11.6. The van der Waals surface area contributed by atoms with E-state index < -0.39 is 52.0 Å². The van der Waals surface area contributed by atoms with Crippen molar-refractivity contribution >= 4 is 32.7 Å². The molecule has 0 bridgehead atoms. The summed E-state index contributed by atoms with van der Waals surface area (Å²) in [4.78, 5) is 10.9. The molecule has 0 radical (unpaired) electrons. The maximum Gasteiger partial charge on any atom is 0.422 e. The Balaban J connectivity index is 1.18. The highest BCUT2D eigenvalue weighted by Gasteiger charge is 2.32. The van der Waals surface area contributed by atoms with Crippen LogP contribution in [0.5, 0.6) is 11.5 Å². The summed E-state index contributed by atoms with van der Waals surface area (Å²) in [5.74, 6) is 0.337. The second-order valence-electron chi connectivity index (χ2n) is 12.3. The SMILES string of the molecule is CN(Cc1ccccc1)c1nc(NCC2CCC(CNS(=O)(=O)c3cc(OCC(F)(F)F)ccc3OCC(F)(F)F)CC2)nc2ccccc12. The first-order valence-electron chi connectivity index (χ1n) is 15.9. The summed E-state index contributed by atoms with van der Waals surface area (Å²) in [6.07, 6.45) is -6.59. The van der Waals surface area contributed by atoms with Crippen LogP contribution in [0.1, 0.15) is 31.2 Å². The minimum Gasteiger partial charge on any atom is -0.484 e. The van der Waals surface area contributed by atoms with Gasteiger partial charge in [0.2, 0.25) is 16.0 Å². The summed E-state index contributed by atoms with van der Waals surface area (Å²) < 4.78 is 114. The molecule has 0 unspecified atom stereocenters. The Morgan fingerprint density at radius 3 is 2.10 bits per heavy atom. The lowest BCUT2D eigenvalue weighted by atomic mass is 9.82. The minimum absolute atomic E-state index is 0.0142. The van der Waals surface area contributed by atoms with Crippen LogP contribution in [0.25, 0.3) is 10.9 Å². The quantitative estimate of drug-likeness (QED) is 0.130. The molecule has 1 saturated carbocycles. The van der Waals surface area contributed by atoms with Crippen LogP contribution in [-0.2, 0) is 16.6 Å². The third-order valence-electron chi connectivity index (χ3n) is 8.28. The Morgan fingerprint density at radius 2 is 1.42 bits per heavy atom. The van der Waals surface area contributed by atoms with E-state index in [4.69, 9.17) is 9.97 Å². The molecule has 1 heterocycles. The van der Waals surface area contributed by atoms with Crippen LogP contribution in [0, 0.1) is 11.8 Å². The molecule has 3 aromatic carbocycles. The first kappa shape index (κ1) is 37.0. The monoisotopic (exact) mass is 725 g/mol. The number of anilines is 2. The van der Waals surface area contributed by atoms with E-state index in [-0.39, 0.29) is 18.4 Å². The maximum absolute atomic E-state index is 13.2. The minimum atomic E-state index is -4.77. The van der Waals surface area contributed by atoms with Crippen molar-refractivity contribution in [2.24, 2.45) is 11.8 Å². The van der Waals surface area contributed by atoms with Crippen molar-refractivity contribution in [3.63, 3.8) is 0 Å². The van der Waals surface area contributed by atoms with Crippen LogP contribution < -0.4 is 24.4 Å². The van der Waals surface area contributed by atoms with E-state index in [1.165, 1.54) is 0 Å². The molecule has 1 aromatic heterocycles. The second kappa shape index (κ2) is 15.7. The lowest BCUT2D eigenvalue weighted by molar-refractivity contribution is -0.154. The van der Waals surface area contributed by atoms with Gasteiger partial charge in [0.05, 0.1) is 5.52 Å². The molecule has 0 saturated heterocycles. The van der Waals surface area contributed by atoms with Gasteiger partial charge in [0.25, 0.3) is 0 Å². The molecule has 1 fully saturated rings. The van der Waals surface area contributed by atoms with Crippen LogP contribution >= 0.6 is 0 Å². The first-order chi connectivity index (χ1) is 23.6. The smallest absolute Gasteiger partial charge is 0.422 e. The molecule has 0 amide bonds. The number of aromatic nitrogens is 2. The first-order valence-corrected chi connectivity index (χ1v) is 17.4. The fourth-order valence-electron chi connectivity index (χ4n) is 5.77. The number of alkyl halides is 6. The number of fused-ring (bicyclic) bond motifs is 1. The largest absolute Gasteiger partial charge is 0.484 e. The summed E-state index contributed by atoms with van der Waals surface area (Å²) in [6, 6.07) is 20.3. The normalized spacial score (nSPS) is 17.0. The molecule has 1 aliphatic rings. The van der Waals surface area contributed by atoms with Crippen molar-refractivity contribution in [1.29, 1.82) is 0 Å². The van der Waals surface area contributed by atoms with E-state index in [0.29, 0.717) is 31.9 Å². The average Bonchev–Trinajstić information content (AvgIpc) is 3.08. The molecule has 0 atom stereocenters.